The van der Waals surface area contributed by atoms with Crippen molar-refractivity contribution < 1.29 is 33.5 Å². The lowest BCUT2D eigenvalue weighted by Crippen LogP contribution is -2.44. The predicted molar refractivity (Wildman–Crippen MR) is 70.4 cm³/mol. The van der Waals surface area contributed by atoms with Crippen LogP contribution in [0.3, 0.4) is 0 Å². The van der Waals surface area contributed by atoms with Gasteiger partial charge in [-0.05, 0) is 27.7 Å². The Balaban J connectivity index is 1.72. The highest BCUT2D eigenvalue weighted by Gasteiger charge is 2.58. The average Bonchev–Trinajstić information content (AvgIpc) is 2.96. The molecule has 0 bridgehead atoms. The first kappa shape index (κ1) is 15.6. The predicted octanol–water partition coefficient (Wildman–Crippen LogP) is 0.392. The van der Waals surface area contributed by atoms with Crippen molar-refractivity contribution in [3.05, 3.63) is 0 Å². The summed E-state index contributed by atoms with van der Waals surface area (Å²) in [4.78, 5) is 0. The molecule has 0 aromatic rings. The molecule has 3 saturated heterocycles. The third-order valence-corrected chi connectivity index (χ3v) is 3.83. The van der Waals surface area contributed by atoms with Gasteiger partial charge in [0.1, 0.15) is 24.4 Å². The lowest BCUT2D eigenvalue weighted by molar-refractivity contribution is -0.236. The first-order valence-corrected chi connectivity index (χ1v) is 7.37. The van der Waals surface area contributed by atoms with Crippen LogP contribution in [-0.4, -0.2) is 67.2 Å². The fourth-order valence-corrected chi connectivity index (χ4v) is 3.06. The number of fused-ring (bicyclic) bond motifs is 1. The highest BCUT2D eigenvalue weighted by atomic mass is 16.8. The van der Waals surface area contributed by atoms with Crippen molar-refractivity contribution in [2.45, 2.75) is 70.0 Å². The smallest absolute Gasteiger partial charge is 0.190 e. The van der Waals surface area contributed by atoms with Gasteiger partial charge >= 0.3 is 0 Å². The van der Waals surface area contributed by atoms with Gasteiger partial charge in [-0.15, -0.1) is 0 Å². The van der Waals surface area contributed by atoms with Crippen LogP contribution in [0.25, 0.3) is 0 Å². The molecule has 3 fully saturated rings. The molecular weight excluding hydrogens is 280 g/mol. The highest BCUT2D eigenvalue weighted by Crippen LogP contribution is 2.41. The molecule has 0 radical (unpaired) electrons. The van der Waals surface area contributed by atoms with E-state index in [1.54, 1.807) is 0 Å². The second kappa shape index (κ2) is 5.42. The summed E-state index contributed by atoms with van der Waals surface area (Å²) >= 11 is 0. The summed E-state index contributed by atoms with van der Waals surface area (Å²) in [6, 6.07) is 0. The molecule has 3 aliphatic rings. The molecule has 3 aliphatic heterocycles. The minimum absolute atomic E-state index is 0.0572. The first-order chi connectivity index (χ1) is 9.81. The van der Waals surface area contributed by atoms with E-state index in [0.29, 0.717) is 6.61 Å². The topological polar surface area (TPSA) is 75.6 Å². The van der Waals surface area contributed by atoms with Crippen LogP contribution < -0.4 is 0 Å². The summed E-state index contributed by atoms with van der Waals surface area (Å²) in [5.74, 6) is -1.33. The second-order valence-corrected chi connectivity index (χ2v) is 6.50. The standard InChI is InChI=1S/C14H24O7/c1-13(2)17-7-8(19-13)9-10(16-6-5-15)11-12(18-9)21-14(3,4)20-11/h8-12,15H,5-7H2,1-4H3/t8-,9-,10+,11-,12-/m1/s1. The molecule has 0 saturated carbocycles. The van der Waals surface area contributed by atoms with Crippen LogP contribution in [0, 0.1) is 0 Å². The Kier molecular flexibility index (Phi) is 4.03. The Bertz CT molecular complexity index is 384. The van der Waals surface area contributed by atoms with Crippen LogP contribution in [0.15, 0.2) is 0 Å². The highest BCUT2D eigenvalue weighted by molar-refractivity contribution is 4.98. The Labute approximate surface area is 124 Å². The van der Waals surface area contributed by atoms with E-state index in [1.165, 1.54) is 0 Å². The Morgan fingerprint density at radius 3 is 2.43 bits per heavy atom. The van der Waals surface area contributed by atoms with Gasteiger partial charge in [-0.25, -0.2) is 0 Å². The summed E-state index contributed by atoms with van der Waals surface area (Å²) in [6.07, 6.45) is -1.76. The fourth-order valence-electron chi connectivity index (χ4n) is 3.06. The van der Waals surface area contributed by atoms with Gasteiger partial charge in [0.15, 0.2) is 17.9 Å². The quantitative estimate of drug-likeness (QED) is 0.805. The maximum Gasteiger partial charge on any atom is 0.190 e. The molecule has 0 aromatic heterocycles. The van der Waals surface area contributed by atoms with Crippen LogP contribution in [0.1, 0.15) is 27.7 Å². The van der Waals surface area contributed by atoms with E-state index < -0.39 is 17.9 Å². The van der Waals surface area contributed by atoms with Gasteiger partial charge < -0.3 is 33.5 Å². The molecule has 0 amide bonds. The van der Waals surface area contributed by atoms with Gasteiger partial charge in [0.2, 0.25) is 0 Å². The Morgan fingerprint density at radius 2 is 1.81 bits per heavy atom. The summed E-state index contributed by atoms with van der Waals surface area (Å²) in [5, 5.41) is 9.01. The van der Waals surface area contributed by atoms with Gasteiger partial charge in [0, 0.05) is 0 Å². The molecule has 1 N–H and O–H groups in total. The molecular formula is C14H24O7. The molecule has 0 aromatic carbocycles. The average molecular weight is 304 g/mol. The van der Waals surface area contributed by atoms with Gasteiger partial charge in [-0.1, -0.05) is 0 Å². The van der Waals surface area contributed by atoms with Crippen molar-refractivity contribution >= 4 is 0 Å². The number of rotatable bonds is 4. The molecule has 3 rings (SSSR count). The normalized spacial score (nSPS) is 44.1. The number of hydrogen-bond donors (Lipinski definition) is 1. The van der Waals surface area contributed by atoms with E-state index in [9.17, 15) is 0 Å². The number of aliphatic hydroxyl groups is 1. The van der Waals surface area contributed by atoms with Gasteiger partial charge in [0.25, 0.3) is 0 Å². The minimum atomic E-state index is -0.701. The van der Waals surface area contributed by atoms with Gasteiger partial charge in [-0.3, -0.25) is 0 Å². The maximum atomic E-state index is 9.01. The van der Waals surface area contributed by atoms with Crippen LogP contribution in [-0.2, 0) is 28.4 Å². The lowest BCUT2D eigenvalue weighted by atomic mass is 10.1. The molecule has 0 unspecified atom stereocenters. The van der Waals surface area contributed by atoms with Crippen molar-refractivity contribution in [1.82, 2.24) is 0 Å². The van der Waals surface area contributed by atoms with Crippen molar-refractivity contribution in [2.75, 3.05) is 19.8 Å². The van der Waals surface area contributed by atoms with E-state index in [1.807, 2.05) is 27.7 Å². The molecule has 21 heavy (non-hydrogen) atoms. The van der Waals surface area contributed by atoms with Crippen LogP contribution in [0.4, 0.5) is 0 Å². The summed E-state index contributed by atoms with van der Waals surface area (Å²) < 4.78 is 34.8. The molecule has 0 spiro atoms. The molecule has 7 nitrogen and oxygen atoms in total. The Morgan fingerprint density at radius 1 is 1.05 bits per heavy atom. The zero-order chi connectivity index (χ0) is 15.3. The second-order valence-electron chi connectivity index (χ2n) is 6.50. The number of aliphatic hydroxyl groups excluding tert-OH is 1. The van der Waals surface area contributed by atoms with Crippen molar-refractivity contribution in [3.63, 3.8) is 0 Å². The molecule has 5 atom stereocenters. The molecule has 0 aliphatic carbocycles. The Hall–Kier alpha value is -0.280. The molecule has 122 valence electrons. The zero-order valence-electron chi connectivity index (χ0n) is 12.9. The molecule has 3 heterocycles. The summed E-state index contributed by atoms with van der Waals surface area (Å²) in [7, 11) is 0. The van der Waals surface area contributed by atoms with Crippen LogP contribution in [0.2, 0.25) is 0 Å². The van der Waals surface area contributed by atoms with Crippen LogP contribution in [0.5, 0.6) is 0 Å². The van der Waals surface area contributed by atoms with E-state index in [-0.39, 0.29) is 37.6 Å². The van der Waals surface area contributed by atoms with Crippen molar-refractivity contribution in [3.8, 4) is 0 Å². The largest absolute Gasteiger partial charge is 0.394 e. The minimum Gasteiger partial charge on any atom is -0.394 e. The zero-order valence-corrected chi connectivity index (χ0v) is 12.9. The summed E-state index contributed by atoms with van der Waals surface area (Å²) in [6.45, 7) is 7.99. The SMILES string of the molecule is CC1(C)O[C@H]2O[C@H]([C@H]3COC(C)(C)O3)[C@H](OCCO)[C@H]2O1. The monoisotopic (exact) mass is 304 g/mol. The van der Waals surface area contributed by atoms with Gasteiger partial charge in [0.05, 0.1) is 19.8 Å². The number of hydrogen-bond acceptors (Lipinski definition) is 7. The van der Waals surface area contributed by atoms with Gasteiger partial charge in [-0.2, -0.15) is 0 Å². The number of ether oxygens (including phenoxy) is 6. The van der Waals surface area contributed by atoms with E-state index >= 15 is 0 Å². The van der Waals surface area contributed by atoms with Crippen molar-refractivity contribution in [2.24, 2.45) is 0 Å². The van der Waals surface area contributed by atoms with Crippen LogP contribution >= 0.6 is 0 Å². The van der Waals surface area contributed by atoms with Crippen molar-refractivity contribution in [1.29, 1.82) is 0 Å². The van der Waals surface area contributed by atoms with E-state index in [0.717, 1.165) is 0 Å². The maximum absolute atomic E-state index is 9.01. The van der Waals surface area contributed by atoms with E-state index in [2.05, 4.69) is 0 Å². The third kappa shape index (κ3) is 3.10. The molecule has 7 heteroatoms. The first-order valence-electron chi connectivity index (χ1n) is 7.37. The van der Waals surface area contributed by atoms with E-state index in [4.69, 9.17) is 33.5 Å². The third-order valence-electron chi connectivity index (χ3n) is 3.83. The lowest BCUT2D eigenvalue weighted by Gasteiger charge is -2.28. The fraction of sp³-hybridized carbons (Fsp3) is 1.00. The summed E-state index contributed by atoms with van der Waals surface area (Å²) in [5.41, 5.74) is 0.